The van der Waals surface area contributed by atoms with Crippen LogP contribution in [-0.2, 0) is 23.7 Å². The van der Waals surface area contributed by atoms with Crippen LogP contribution >= 0.6 is 0 Å². The first kappa shape index (κ1) is 86.3. The molecule has 540 valence electrons. The largest absolute Gasteiger partial charge is 0.394 e. The molecular weight excluding hydrogens is 1170 g/mol. The Hall–Kier alpha value is -2.83. The van der Waals surface area contributed by atoms with E-state index in [4.69, 9.17) is 18.9 Å². The van der Waals surface area contributed by atoms with Crippen molar-refractivity contribution in [3.05, 3.63) is 85.1 Å². The van der Waals surface area contributed by atoms with E-state index in [1.165, 1.54) is 193 Å². The number of hydrogen-bond donors (Lipinski definition) is 9. The average Bonchev–Trinajstić information content (AvgIpc) is 0.958. The third-order valence-electron chi connectivity index (χ3n) is 18.4. The smallest absolute Gasteiger partial charge is 0.220 e. The Kier molecular flexibility index (Phi) is 58.1. The molecule has 0 aliphatic carbocycles. The van der Waals surface area contributed by atoms with E-state index in [9.17, 15) is 45.6 Å². The Morgan fingerprint density at radius 2 is 0.742 bits per heavy atom. The Morgan fingerprint density at radius 1 is 0.398 bits per heavy atom. The second-order valence-corrected chi connectivity index (χ2v) is 26.8. The number of aliphatic hydroxyl groups is 8. The minimum Gasteiger partial charge on any atom is -0.394 e. The third kappa shape index (κ3) is 46.1. The first-order valence-corrected chi connectivity index (χ1v) is 38.3. The molecule has 2 heterocycles. The first-order valence-electron chi connectivity index (χ1n) is 38.3. The summed E-state index contributed by atoms with van der Waals surface area (Å²) >= 11 is 0. The van der Waals surface area contributed by atoms with E-state index in [-0.39, 0.29) is 12.5 Å². The fourth-order valence-electron chi connectivity index (χ4n) is 12.3. The van der Waals surface area contributed by atoms with Gasteiger partial charge in [0.15, 0.2) is 12.6 Å². The topological polar surface area (TPSA) is 228 Å². The zero-order valence-electron chi connectivity index (χ0n) is 59.0. The van der Waals surface area contributed by atoms with Crippen LogP contribution in [0.3, 0.4) is 0 Å². The van der Waals surface area contributed by atoms with Gasteiger partial charge in [0.25, 0.3) is 0 Å². The highest BCUT2D eigenvalue weighted by atomic mass is 16.7. The lowest BCUT2D eigenvalue weighted by Gasteiger charge is -2.46. The van der Waals surface area contributed by atoms with Gasteiger partial charge >= 0.3 is 0 Å². The van der Waals surface area contributed by atoms with Gasteiger partial charge in [0.2, 0.25) is 5.91 Å². The van der Waals surface area contributed by atoms with Crippen LogP contribution in [0.1, 0.15) is 316 Å². The molecule has 2 rings (SSSR count). The van der Waals surface area contributed by atoms with Crippen LogP contribution < -0.4 is 5.32 Å². The SMILES string of the molecule is CC/C=C\C/C=C\C/C=C\C/C=C\C/C=C\C/C=C\C/C=C\CCCCCCCCCCCCCCCCCCCCCC(=O)NC(COC1OC(CO)C(OC2OC(CO)C(O)C(O)C2O)C(O)C1O)C(O)CCCCCCCCCCCCCCCCCCCC. The molecule has 2 aliphatic heterocycles. The Labute approximate surface area is 567 Å². The molecule has 0 aromatic rings. The number of hydrogen-bond acceptors (Lipinski definition) is 13. The zero-order valence-corrected chi connectivity index (χ0v) is 59.0. The van der Waals surface area contributed by atoms with Gasteiger partial charge in [0, 0.05) is 6.42 Å². The predicted molar refractivity (Wildman–Crippen MR) is 383 cm³/mol. The van der Waals surface area contributed by atoms with Crippen molar-refractivity contribution in [1.82, 2.24) is 5.32 Å². The molecule has 0 bridgehead atoms. The molecule has 9 N–H and O–H groups in total. The number of ether oxygens (including phenoxy) is 4. The molecule has 0 saturated carbocycles. The number of allylic oxidation sites excluding steroid dienone is 14. The Balaban J connectivity index is 1.56. The maximum atomic E-state index is 13.4. The van der Waals surface area contributed by atoms with Gasteiger partial charge in [0.1, 0.15) is 48.8 Å². The minimum atomic E-state index is -1.78. The molecule has 0 aromatic carbocycles. The van der Waals surface area contributed by atoms with Crippen molar-refractivity contribution in [2.24, 2.45) is 0 Å². The molecule has 14 nitrogen and oxygen atoms in total. The fourth-order valence-corrected chi connectivity index (χ4v) is 12.3. The molecule has 2 saturated heterocycles. The van der Waals surface area contributed by atoms with Crippen molar-refractivity contribution in [1.29, 1.82) is 0 Å². The number of nitrogens with one attached hydrogen (secondary N) is 1. The molecule has 0 radical (unpaired) electrons. The van der Waals surface area contributed by atoms with E-state index in [0.717, 1.165) is 96.3 Å². The summed E-state index contributed by atoms with van der Waals surface area (Å²) in [6.45, 7) is 2.78. The molecule has 2 fully saturated rings. The van der Waals surface area contributed by atoms with Gasteiger partial charge in [-0.3, -0.25) is 4.79 Å². The van der Waals surface area contributed by atoms with Crippen molar-refractivity contribution in [3.8, 4) is 0 Å². The summed E-state index contributed by atoms with van der Waals surface area (Å²) in [6, 6.07) is -0.831. The summed E-state index contributed by atoms with van der Waals surface area (Å²) in [6.07, 6.45) is 70.4. The first-order chi connectivity index (χ1) is 45.6. The van der Waals surface area contributed by atoms with Crippen molar-refractivity contribution in [2.75, 3.05) is 19.8 Å². The van der Waals surface area contributed by atoms with Crippen LogP contribution in [0.25, 0.3) is 0 Å². The summed E-state index contributed by atoms with van der Waals surface area (Å²) in [5.74, 6) is -0.203. The van der Waals surface area contributed by atoms with Crippen molar-refractivity contribution >= 4 is 5.91 Å². The number of aliphatic hydroxyl groups excluding tert-OH is 8. The van der Waals surface area contributed by atoms with E-state index in [1.807, 2.05) is 0 Å². The third-order valence-corrected chi connectivity index (χ3v) is 18.4. The average molecular weight is 1310 g/mol. The van der Waals surface area contributed by atoms with Gasteiger partial charge in [-0.25, -0.2) is 0 Å². The highest BCUT2D eigenvalue weighted by Gasteiger charge is 2.51. The van der Waals surface area contributed by atoms with Crippen LogP contribution in [-0.4, -0.2) is 140 Å². The van der Waals surface area contributed by atoms with E-state index in [2.05, 4.69) is 104 Å². The van der Waals surface area contributed by atoms with Crippen molar-refractivity contribution in [3.63, 3.8) is 0 Å². The van der Waals surface area contributed by atoms with Crippen molar-refractivity contribution in [2.45, 2.75) is 389 Å². The summed E-state index contributed by atoms with van der Waals surface area (Å²) in [7, 11) is 0. The summed E-state index contributed by atoms with van der Waals surface area (Å²) in [5, 5.41) is 87.7. The number of carbonyl (C=O) groups is 1. The number of carbonyl (C=O) groups excluding carboxylic acids is 1. The van der Waals surface area contributed by atoms with Gasteiger partial charge in [-0.2, -0.15) is 0 Å². The summed E-state index contributed by atoms with van der Waals surface area (Å²) in [4.78, 5) is 13.4. The van der Waals surface area contributed by atoms with E-state index in [1.54, 1.807) is 0 Å². The van der Waals surface area contributed by atoms with Gasteiger partial charge in [0.05, 0.1) is 32.0 Å². The Morgan fingerprint density at radius 3 is 1.14 bits per heavy atom. The second kappa shape index (κ2) is 62.7. The number of unbranched alkanes of at least 4 members (excludes halogenated alkanes) is 36. The van der Waals surface area contributed by atoms with Crippen LogP contribution in [0.15, 0.2) is 85.1 Å². The maximum absolute atomic E-state index is 13.4. The minimum absolute atomic E-state index is 0.203. The Bertz CT molecular complexity index is 1890. The lowest BCUT2D eigenvalue weighted by molar-refractivity contribution is -0.359. The molecule has 93 heavy (non-hydrogen) atoms. The molecule has 2 aliphatic rings. The zero-order chi connectivity index (χ0) is 67.3. The van der Waals surface area contributed by atoms with Gasteiger partial charge < -0.3 is 65.1 Å². The van der Waals surface area contributed by atoms with Crippen LogP contribution in [0.2, 0.25) is 0 Å². The van der Waals surface area contributed by atoms with Gasteiger partial charge in [-0.1, -0.05) is 324 Å². The lowest BCUT2D eigenvalue weighted by atomic mass is 9.97. The lowest BCUT2D eigenvalue weighted by Crippen LogP contribution is -2.65. The normalized spacial score (nSPS) is 23.0. The number of amides is 1. The van der Waals surface area contributed by atoms with Crippen LogP contribution in [0.5, 0.6) is 0 Å². The van der Waals surface area contributed by atoms with Crippen LogP contribution in [0, 0.1) is 0 Å². The monoisotopic (exact) mass is 1310 g/mol. The summed E-state index contributed by atoms with van der Waals surface area (Å²) in [5.41, 5.74) is 0. The summed E-state index contributed by atoms with van der Waals surface area (Å²) < 4.78 is 22.9. The van der Waals surface area contributed by atoms with Gasteiger partial charge in [-0.15, -0.1) is 0 Å². The van der Waals surface area contributed by atoms with Crippen LogP contribution in [0.4, 0.5) is 0 Å². The van der Waals surface area contributed by atoms with Gasteiger partial charge in [-0.05, 0) is 70.6 Å². The standard InChI is InChI=1S/C79H141NO13/c1-3-5-7-9-11-13-15-17-19-21-23-24-25-26-27-28-29-30-31-32-33-34-35-36-37-38-39-40-41-42-43-44-45-47-49-51-53-55-57-59-61-63-71(84)80-67(68(83)62-60-58-56-54-52-50-48-46-22-20-18-16-14-12-10-8-6-4-2)66-90-78-76(89)74(87)77(70(65-82)92-78)93-79-75(88)73(86)72(85)69(64-81)91-79/h5,7,11,13,17,19,23-24,26-27,29-30,32-33,67-70,72-79,81-83,85-89H,3-4,6,8-10,12,14-16,18,20-22,25,28,31,34-66H2,1-2H3,(H,80,84)/b7-5-,13-11-,19-17-,24-23-,27-26-,30-29-,33-32-. The fraction of sp³-hybridized carbons (Fsp3) is 0.810. The number of rotatable bonds is 63. The molecule has 12 atom stereocenters. The molecular formula is C79H141NO13. The highest BCUT2D eigenvalue weighted by molar-refractivity contribution is 5.76. The van der Waals surface area contributed by atoms with E-state index in [0.29, 0.717) is 12.8 Å². The van der Waals surface area contributed by atoms with Crippen molar-refractivity contribution < 1.29 is 64.6 Å². The molecule has 0 aromatic heterocycles. The maximum Gasteiger partial charge on any atom is 0.220 e. The molecule has 1 amide bonds. The molecule has 12 unspecified atom stereocenters. The predicted octanol–water partition coefficient (Wildman–Crippen LogP) is 16.7. The van der Waals surface area contributed by atoms with E-state index < -0.39 is 86.8 Å². The molecule has 0 spiro atoms. The highest BCUT2D eigenvalue weighted by Crippen LogP contribution is 2.30. The molecule has 14 heteroatoms. The quantitative estimate of drug-likeness (QED) is 0.0204. The second-order valence-electron chi connectivity index (χ2n) is 26.8. The van der Waals surface area contributed by atoms with E-state index >= 15 is 0 Å².